The number of hydrogen-bond acceptors (Lipinski definition) is 5. The summed E-state index contributed by atoms with van der Waals surface area (Å²) >= 11 is 0. The van der Waals surface area contributed by atoms with Gasteiger partial charge in [-0.05, 0) is 26.8 Å². The molecule has 1 atom stereocenters. The van der Waals surface area contributed by atoms with Gasteiger partial charge in [-0.3, -0.25) is 0 Å². The molecule has 0 radical (unpaired) electrons. The molecule has 98 valence electrons. The van der Waals surface area contributed by atoms with Crippen molar-refractivity contribution in [1.29, 1.82) is 0 Å². The summed E-state index contributed by atoms with van der Waals surface area (Å²) in [6, 6.07) is 0.485. The molecule has 0 spiro atoms. The number of rotatable bonds is 9. The van der Waals surface area contributed by atoms with E-state index in [2.05, 4.69) is 29.3 Å². The van der Waals surface area contributed by atoms with Crippen molar-refractivity contribution < 1.29 is 9.26 Å². The zero-order valence-corrected chi connectivity index (χ0v) is 11.0. The summed E-state index contributed by atoms with van der Waals surface area (Å²) in [5.41, 5.74) is 0. The Bertz CT molecular complexity index is 302. The second-order valence-corrected chi connectivity index (χ2v) is 4.05. The monoisotopic (exact) mass is 241 g/mol. The molecule has 0 saturated heterocycles. The third-order valence-corrected chi connectivity index (χ3v) is 2.53. The van der Waals surface area contributed by atoms with E-state index in [0.717, 1.165) is 44.1 Å². The Labute approximate surface area is 103 Å². The van der Waals surface area contributed by atoms with E-state index in [0.29, 0.717) is 12.6 Å². The molecule has 1 N–H and O–H groups in total. The van der Waals surface area contributed by atoms with Crippen LogP contribution in [-0.2, 0) is 17.6 Å². The summed E-state index contributed by atoms with van der Waals surface area (Å²) < 4.78 is 10.4. The van der Waals surface area contributed by atoms with Gasteiger partial charge in [0.25, 0.3) is 0 Å². The maximum absolute atomic E-state index is 5.25. The molecule has 1 rings (SSSR count). The molecule has 0 fully saturated rings. The Morgan fingerprint density at radius 1 is 1.35 bits per heavy atom. The van der Waals surface area contributed by atoms with Crippen molar-refractivity contribution in [2.75, 3.05) is 19.8 Å². The molecule has 1 heterocycles. The molecule has 5 nitrogen and oxygen atoms in total. The highest BCUT2D eigenvalue weighted by molar-refractivity contribution is 4.87. The van der Waals surface area contributed by atoms with Gasteiger partial charge >= 0.3 is 0 Å². The number of ether oxygens (including phenoxy) is 1. The average molecular weight is 241 g/mol. The fraction of sp³-hybridized carbons (Fsp3) is 0.833. The number of nitrogens with zero attached hydrogens (tertiary/aromatic N) is 2. The van der Waals surface area contributed by atoms with Gasteiger partial charge in [0, 0.05) is 25.5 Å². The highest BCUT2D eigenvalue weighted by Crippen LogP contribution is 2.04. The van der Waals surface area contributed by atoms with Crippen LogP contribution in [0.1, 0.15) is 38.9 Å². The summed E-state index contributed by atoms with van der Waals surface area (Å²) in [5, 5.41) is 7.28. The first-order valence-corrected chi connectivity index (χ1v) is 6.38. The minimum Gasteiger partial charge on any atom is -0.381 e. The van der Waals surface area contributed by atoms with Crippen LogP contribution in [-0.4, -0.2) is 35.9 Å². The van der Waals surface area contributed by atoms with Gasteiger partial charge in [0.2, 0.25) is 5.89 Å². The van der Waals surface area contributed by atoms with E-state index in [9.17, 15) is 0 Å². The van der Waals surface area contributed by atoms with Crippen molar-refractivity contribution in [3.05, 3.63) is 11.7 Å². The summed E-state index contributed by atoms with van der Waals surface area (Å²) in [4.78, 5) is 4.33. The van der Waals surface area contributed by atoms with Gasteiger partial charge in [0.15, 0.2) is 5.82 Å². The van der Waals surface area contributed by atoms with Gasteiger partial charge in [0.05, 0.1) is 6.61 Å². The van der Waals surface area contributed by atoms with Crippen LogP contribution in [0.3, 0.4) is 0 Å². The number of aromatic nitrogens is 2. The average Bonchev–Trinajstić information content (AvgIpc) is 2.75. The molecule has 0 aliphatic carbocycles. The van der Waals surface area contributed by atoms with Crippen LogP contribution in [0.2, 0.25) is 0 Å². The van der Waals surface area contributed by atoms with Crippen molar-refractivity contribution in [3.63, 3.8) is 0 Å². The van der Waals surface area contributed by atoms with Crippen LogP contribution in [0, 0.1) is 0 Å². The van der Waals surface area contributed by atoms with Crippen LogP contribution in [0.15, 0.2) is 4.52 Å². The topological polar surface area (TPSA) is 60.2 Å². The Morgan fingerprint density at radius 3 is 2.88 bits per heavy atom. The van der Waals surface area contributed by atoms with E-state index in [4.69, 9.17) is 9.26 Å². The van der Waals surface area contributed by atoms with E-state index in [-0.39, 0.29) is 0 Å². The minimum atomic E-state index is 0.485. The summed E-state index contributed by atoms with van der Waals surface area (Å²) in [5.74, 6) is 1.46. The number of nitrogens with one attached hydrogen (secondary N) is 1. The molecule has 1 aromatic rings. The van der Waals surface area contributed by atoms with E-state index >= 15 is 0 Å². The lowest BCUT2D eigenvalue weighted by Gasteiger charge is -2.09. The van der Waals surface area contributed by atoms with Crippen LogP contribution >= 0.6 is 0 Å². The zero-order valence-electron chi connectivity index (χ0n) is 11.0. The SMILES string of the molecule is CCNC(C)CCc1nc(CCOCC)no1. The fourth-order valence-corrected chi connectivity index (χ4v) is 1.59. The maximum atomic E-state index is 5.25. The Hall–Kier alpha value is -0.940. The number of aryl methyl sites for hydroxylation is 1. The van der Waals surface area contributed by atoms with Crippen molar-refractivity contribution in [1.82, 2.24) is 15.5 Å². The zero-order chi connectivity index (χ0) is 12.5. The van der Waals surface area contributed by atoms with Crippen LogP contribution in [0.4, 0.5) is 0 Å². The normalized spacial score (nSPS) is 12.9. The Balaban J connectivity index is 2.25. The van der Waals surface area contributed by atoms with Gasteiger partial charge in [0.1, 0.15) is 0 Å². The van der Waals surface area contributed by atoms with Crippen LogP contribution < -0.4 is 5.32 Å². The van der Waals surface area contributed by atoms with Crippen LogP contribution in [0.5, 0.6) is 0 Å². The standard InChI is InChI=1S/C12H23N3O2/c1-4-13-10(3)6-7-12-14-11(15-17-12)8-9-16-5-2/h10,13H,4-9H2,1-3H3. The van der Waals surface area contributed by atoms with Gasteiger partial charge < -0.3 is 14.6 Å². The first-order valence-electron chi connectivity index (χ1n) is 6.38. The first kappa shape index (κ1) is 14.1. The molecular formula is C12H23N3O2. The molecule has 1 aromatic heterocycles. The van der Waals surface area contributed by atoms with E-state index in [1.54, 1.807) is 0 Å². The third-order valence-electron chi connectivity index (χ3n) is 2.53. The second-order valence-electron chi connectivity index (χ2n) is 4.05. The highest BCUT2D eigenvalue weighted by atomic mass is 16.5. The largest absolute Gasteiger partial charge is 0.381 e. The molecule has 0 aromatic carbocycles. The molecule has 1 unspecified atom stereocenters. The van der Waals surface area contributed by atoms with E-state index < -0.39 is 0 Å². The van der Waals surface area contributed by atoms with Gasteiger partial charge in [-0.2, -0.15) is 4.98 Å². The van der Waals surface area contributed by atoms with Crippen LogP contribution in [0.25, 0.3) is 0 Å². The molecular weight excluding hydrogens is 218 g/mol. The van der Waals surface area contributed by atoms with E-state index in [1.807, 2.05) is 6.92 Å². The molecule has 0 aliphatic rings. The van der Waals surface area contributed by atoms with Gasteiger partial charge in [-0.25, -0.2) is 0 Å². The van der Waals surface area contributed by atoms with E-state index in [1.165, 1.54) is 0 Å². The summed E-state index contributed by atoms with van der Waals surface area (Å²) in [6.45, 7) is 8.62. The maximum Gasteiger partial charge on any atom is 0.226 e. The highest BCUT2D eigenvalue weighted by Gasteiger charge is 2.08. The molecule has 17 heavy (non-hydrogen) atoms. The molecule has 5 heteroatoms. The second kappa shape index (κ2) is 8.20. The van der Waals surface area contributed by atoms with Crippen molar-refractivity contribution >= 4 is 0 Å². The van der Waals surface area contributed by atoms with Crippen molar-refractivity contribution in [2.45, 2.75) is 46.1 Å². The lowest BCUT2D eigenvalue weighted by molar-refractivity contribution is 0.149. The quantitative estimate of drug-likeness (QED) is 0.665. The fourth-order valence-electron chi connectivity index (χ4n) is 1.59. The molecule has 0 saturated carbocycles. The number of hydrogen-bond donors (Lipinski definition) is 1. The van der Waals surface area contributed by atoms with Gasteiger partial charge in [-0.1, -0.05) is 12.1 Å². The van der Waals surface area contributed by atoms with Crippen molar-refractivity contribution in [3.8, 4) is 0 Å². The smallest absolute Gasteiger partial charge is 0.226 e. The predicted octanol–water partition coefficient (Wildman–Crippen LogP) is 1.58. The Morgan fingerprint density at radius 2 is 2.18 bits per heavy atom. The summed E-state index contributed by atoms with van der Waals surface area (Å²) in [7, 11) is 0. The first-order chi connectivity index (χ1) is 8.26. The molecule has 0 amide bonds. The van der Waals surface area contributed by atoms with Crippen molar-refractivity contribution in [2.24, 2.45) is 0 Å². The lowest BCUT2D eigenvalue weighted by atomic mass is 10.2. The minimum absolute atomic E-state index is 0.485. The predicted molar refractivity (Wildman–Crippen MR) is 66.0 cm³/mol. The Kier molecular flexibility index (Phi) is 6.81. The third kappa shape index (κ3) is 5.79. The molecule has 0 aliphatic heterocycles. The van der Waals surface area contributed by atoms with Gasteiger partial charge in [-0.15, -0.1) is 0 Å². The lowest BCUT2D eigenvalue weighted by Crippen LogP contribution is -2.25. The molecule has 0 bridgehead atoms. The summed E-state index contributed by atoms with van der Waals surface area (Å²) in [6.07, 6.45) is 2.57.